The summed E-state index contributed by atoms with van der Waals surface area (Å²) < 4.78 is 23.6. The van der Waals surface area contributed by atoms with Gasteiger partial charge in [-0.2, -0.15) is 0 Å². The molecule has 1 heterocycles. The lowest BCUT2D eigenvalue weighted by Gasteiger charge is -2.34. The van der Waals surface area contributed by atoms with Gasteiger partial charge in [-0.25, -0.2) is 4.39 Å². The third kappa shape index (κ3) is 5.52. The lowest BCUT2D eigenvalue weighted by molar-refractivity contribution is -0.146. The van der Waals surface area contributed by atoms with E-state index in [9.17, 15) is 14.0 Å². The second-order valence-electron chi connectivity index (χ2n) is 5.32. The van der Waals surface area contributed by atoms with Gasteiger partial charge in [0.15, 0.2) is 0 Å². The number of hydrogen-bond acceptors (Lipinski definition) is 4. The first-order valence-corrected chi connectivity index (χ1v) is 7.53. The van der Waals surface area contributed by atoms with E-state index >= 15 is 0 Å². The Kier molecular flexibility index (Phi) is 6.34. The molecule has 0 saturated carbocycles. The summed E-state index contributed by atoms with van der Waals surface area (Å²) in [6.07, 6.45) is 0.615. The lowest BCUT2D eigenvalue weighted by Crippen LogP contribution is -2.49. The van der Waals surface area contributed by atoms with Crippen LogP contribution in [0.5, 0.6) is 5.75 Å². The van der Waals surface area contributed by atoms with Crippen molar-refractivity contribution in [2.75, 3.05) is 26.4 Å². The molecule has 1 amide bonds. The summed E-state index contributed by atoms with van der Waals surface area (Å²) in [7, 11) is 0. The van der Waals surface area contributed by atoms with Crippen molar-refractivity contribution in [2.24, 2.45) is 0 Å². The maximum Gasteiger partial charge on any atom is 0.305 e. The van der Waals surface area contributed by atoms with Crippen LogP contribution in [0.1, 0.15) is 19.3 Å². The van der Waals surface area contributed by atoms with E-state index in [0.717, 1.165) is 0 Å². The molecular formula is C16H20FNO5. The van der Waals surface area contributed by atoms with Crippen molar-refractivity contribution in [1.29, 1.82) is 0 Å². The second-order valence-corrected chi connectivity index (χ2v) is 5.32. The van der Waals surface area contributed by atoms with Crippen LogP contribution in [0.4, 0.5) is 4.39 Å². The first-order chi connectivity index (χ1) is 11.1. The number of benzene rings is 1. The van der Waals surface area contributed by atoms with E-state index in [1.807, 2.05) is 0 Å². The molecule has 7 heteroatoms. The van der Waals surface area contributed by atoms with E-state index in [2.05, 4.69) is 0 Å². The molecule has 1 unspecified atom stereocenters. The molecule has 126 valence electrons. The van der Waals surface area contributed by atoms with E-state index in [0.29, 0.717) is 31.9 Å². The molecule has 1 N–H and O–H groups in total. The fourth-order valence-electron chi connectivity index (χ4n) is 2.47. The van der Waals surface area contributed by atoms with Gasteiger partial charge < -0.3 is 19.5 Å². The largest absolute Gasteiger partial charge is 0.493 e. The van der Waals surface area contributed by atoms with Gasteiger partial charge in [0.25, 0.3) is 0 Å². The highest BCUT2D eigenvalue weighted by molar-refractivity contribution is 5.77. The van der Waals surface area contributed by atoms with Gasteiger partial charge in [-0.15, -0.1) is 0 Å². The first kappa shape index (κ1) is 17.2. The quantitative estimate of drug-likeness (QED) is 0.772. The molecule has 2 rings (SSSR count). The number of morpholine rings is 1. The standard InChI is InChI=1S/C16H20FNO5/c17-12-3-1-4-14(9-12)23-7-2-5-15(19)18-6-8-22-11-13(18)10-16(20)21/h1,3-4,9,13H,2,5-8,10-11H2,(H,20,21). The summed E-state index contributed by atoms with van der Waals surface area (Å²) in [5.74, 6) is -1.01. The van der Waals surface area contributed by atoms with Gasteiger partial charge in [0, 0.05) is 19.0 Å². The molecule has 1 saturated heterocycles. The van der Waals surface area contributed by atoms with Crippen LogP contribution in [0.25, 0.3) is 0 Å². The molecule has 1 aromatic carbocycles. The summed E-state index contributed by atoms with van der Waals surface area (Å²) in [6.45, 7) is 1.37. The number of aliphatic carboxylic acids is 1. The Balaban J connectivity index is 1.75. The molecular weight excluding hydrogens is 305 g/mol. The third-order valence-corrected chi connectivity index (χ3v) is 3.56. The Labute approximate surface area is 133 Å². The van der Waals surface area contributed by atoms with Crippen molar-refractivity contribution in [1.82, 2.24) is 4.90 Å². The Morgan fingerprint density at radius 1 is 1.43 bits per heavy atom. The molecule has 0 spiro atoms. The van der Waals surface area contributed by atoms with Gasteiger partial charge in [0.1, 0.15) is 11.6 Å². The molecule has 23 heavy (non-hydrogen) atoms. The topological polar surface area (TPSA) is 76.1 Å². The van der Waals surface area contributed by atoms with E-state index in [1.54, 1.807) is 17.0 Å². The van der Waals surface area contributed by atoms with Gasteiger partial charge in [0.05, 0.1) is 32.3 Å². The van der Waals surface area contributed by atoms with Crippen LogP contribution in [0.15, 0.2) is 24.3 Å². The van der Waals surface area contributed by atoms with Crippen LogP contribution in [-0.4, -0.2) is 54.3 Å². The maximum absolute atomic E-state index is 13.0. The van der Waals surface area contributed by atoms with Crippen molar-refractivity contribution >= 4 is 11.9 Å². The molecule has 1 fully saturated rings. The predicted octanol–water partition coefficient (Wildman–Crippen LogP) is 1.69. The van der Waals surface area contributed by atoms with Gasteiger partial charge in [-0.05, 0) is 18.6 Å². The monoisotopic (exact) mass is 325 g/mol. The highest BCUT2D eigenvalue weighted by Crippen LogP contribution is 2.15. The Bertz CT molecular complexity index is 551. The first-order valence-electron chi connectivity index (χ1n) is 7.53. The molecule has 0 bridgehead atoms. The summed E-state index contributed by atoms with van der Waals surface area (Å²) >= 11 is 0. The number of carboxylic acid groups (broad SMARTS) is 1. The predicted molar refractivity (Wildman–Crippen MR) is 79.7 cm³/mol. The molecule has 0 radical (unpaired) electrons. The van der Waals surface area contributed by atoms with Crippen molar-refractivity contribution in [3.05, 3.63) is 30.1 Å². The Morgan fingerprint density at radius 2 is 2.26 bits per heavy atom. The zero-order valence-corrected chi connectivity index (χ0v) is 12.7. The van der Waals surface area contributed by atoms with E-state index in [4.69, 9.17) is 14.6 Å². The summed E-state index contributed by atoms with van der Waals surface area (Å²) in [4.78, 5) is 24.6. The fourth-order valence-corrected chi connectivity index (χ4v) is 2.47. The van der Waals surface area contributed by atoms with Crippen LogP contribution in [0.3, 0.4) is 0 Å². The molecule has 1 aromatic rings. The number of nitrogens with zero attached hydrogens (tertiary/aromatic N) is 1. The Hall–Kier alpha value is -2.15. The minimum absolute atomic E-state index is 0.109. The van der Waals surface area contributed by atoms with Crippen molar-refractivity contribution in [2.45, 2.75) is 25.3 Å². The normalized spacial score (nSPS) is 17.8. The van der Waals surface area contributed by atoms with Crippen molar-refractivity contribution in [3.8, 4) is 5.75 Å². The number of carbonyl (C=O) groups is 2. The number of halogens is 1. The SMILES string of the molecule is O=C(O)CC1COCCN1C(=O)CCCOc1cccc(F)c1. The molecule has 1 aliphatic rings. The average molecular weight is 325 g/mol. The minimum Gasteiger partial charge on any atom is -0.493 e. The number of hydrogen-bond donors (Lipinski definition) is 1. The highest BCUT2D eigenvalue weighted by Gasteiger charge is 2.28. The molecule has 1 aliphatic heterocycles. The van der Waals surface area contributed by atoms with E-state index in [1.165, 1.54) is 12.1 Å². The van der Waals surface area contributed by atoms with Crippen LogP contribution in [0.2, 0.25) is 0 Å². The number of rotatable bonds is 7. The fraction of sp³-hybridized carbons (Fsp3) is 0.500. The Morgan fingerprint density at radius 3 is 3.00 bits per heavy atom. The number of carbonyl (C=O) groups excluding carboxylic acids is 1. The molecule has 1 atom stereocenters. The van der Waals surface area contributed by atoms with Crippen molar-refractivity contribution in [3.63, 3.8) is 0 Å². The summed E-state index contributed by atoms with van der Waals surface area (Å²) in [5, 5.41) is 8.88. The van der Waals surface area contributed by atoms with Gasteiger partial charge in [0.2, 0.25) is 5.91 Å². The van der Waals surface area contributed by atoms with Gasteiger partial charge in [-0.1, -0.05) is 6.07 Å². The van der Waals surface area contributed by atoms with Crippen LogP contribution in [-0.2, 0) is 14.3 Å². The molecule has 6 nitrogen and oxygen atoms in total. The van der Waals surface area contributed by atoms with Gasteiger partial charge >= 0.3 is 5.97 Å². The van der Waals surface area contributed by atoms with Crippen molar-refractivity contribution < 1.29 is 28.6 Å². The smallest absolute Gasteiger partial charge is 0.305 e. The number of ether oxygens (including phenoxy) is 2. The zero-order chi connectivity index (χ0) is 16.7. The lowest BCUT2D eigenvalue weighted by atomic mass is 10.1. The minimum atomic E-state index is -0.951. The summed E-state index contributed by atoms with van der Waals surface area (Å²) in [6, 6.07) is 5.40. The maximum atomic E-state index is 13.0. The number of amides is 1. The van der Waals surface area contributed by atoms with Crippen LogP contribution in [0, 0.1) is 5.82 Å². The molecule has 0 aromatic heterocycles. The zero-order valence-electron chi connectivity index (χ0n) is 12.7. The second kappa shape index (κ2) is 8.47. The number of carboxylic acids is 1. The van der Waals surface area contributed by atoms with Gasteiger partial charge in [-0.3, -0.25) is 9.59 Å². The van der Waals surface area contributed by atoms with Crippen LogP contribution >= 0.6 is 0 Å². The average Bonchev–Trinajstić information content (AvgIpc) is 2.51. The van der Waals surface area contributed by atoms with E-state index in [-0.39, 0.29) is 31.2 Å². The van der Waals surface area contributed by atoms with Crippen LogP contribution < -0.4 is 4.74 Å². The third-order valence-electron chi connectivity index (χ3n) is 3.56. The highest BCUT2D eigenvalue weighted by atomic mass is 19.1. The molecule has 0 aliphatic carbocycles. The summed E-state index contributed by atoms with van der Waals surface area (Å²) in [5.41, 5.74) is 0. The van der Waals surface area contributed by atoms with E-state index < -0.39 is 12.0 Å².